The number of carbonyl (C=O) groups excluding carboxylic acids is 1. The number of methoxy groups -OCH3 is 5. The highest BCUT2D eigenvalue weighted by molar-refractivity contribution is 5.89. The van der Waals surface area contributed by atoms with Crippen LogP contribution < -0.4 is 28.4 Å². The summed E-state index contributed by atoms with van der Waals surface area (Å²) in [6.45, 7) is 5.82. The minimum absolute atomic E-state index is 0.331. The molecule has 7 heteroatoms. The van der Waals surface area contributed by atoms with Crippen LogP contribution in [0.25, 0.3) is 11.1 Å². The predicted octanol–water partition coefficient (Wildman–Crippen LogP) is 4.69. The molecule has 7 nitrogen and oxygen atoms in total. The number of carbonyl (C=O) groups is 1. The second-order valence-electron chi connectivity index (χ2n) is 8.11. The zero-order valence-corrected chi connectivity index (χ0v) is 20.1. The van der Waals surface area contributed by atoms with Gasteiger partial charge in [0, 0.05) is 18.1 Å². The first kappa shape index (κ1) is 23.6. The first-order valence-electron chi connectivity index (χ1n) is 10.6. The average Bonchev–Trinajstić information content (AvgIpc) is 2.76. The molecular weight excluding hydrogens is 412 g/mol. The lowest BCUT2D eigenvalue weighted by atomic mass is 9.77. The SMILES string of the molecule is COc1cc2c(c(OC)c1OC)-c1c(cc(OC(C)=O)c(OC)c1OC)C[C@H](C)[C@@H](C)C2. The fourth-order valence-electron chi connectivity index (χ4n) is 4.46. The molecule has 0 saturated carbocycles. The van der Waals surface area contributed by atoms with Gasteiger partial charge in [0.1, 0.15) is 0 Å². The largest absolute Gasteiger partial charge is 0.493 e. The summed E-state index contributed by atoms with van der Waals surface area (Å²) < 4.78 is 34.1. The van der Waals surface area contributed by atoms with Crippen molar-refractivity contribution in [2.24, 2.45) is 11.8 Å². The van der Waals surface area contributed by atoms with E-state index < -0.39 is 5.97 Å². The van der Waals surface area contributed by atoms with Crippen LogP contribution in [0.15, 0.2) is 12.1 Å². The molecule has 0 aromatic heterocycles. The summed E-state index contributed by atoms with van der Waals surface area (Å²) in [5.74, 6) is 3.16. The van der Waals surface area contributed by atoms with E-state index in [2.05, 4.69) is 13.8 Å². The Bertz CT molecular complexity index is 1010. The zero-order chi connectivity index (χ0) is 23.6. The molecule has 0 fully saturated rings. The molecule has 2 aromatic rings. The lowest BCUT2D eigenvalue weighted by Crippen LogP contribution is -2.18. The van der Waals surface area contributed by atoms with Crippen LogP contribution in [0, 0.1) is 11.8 Å². The predicted molar refractivity (Wildman–Crippen MR) is 122 cm³/mol. The molecule has 0 aliphatic heterocycles. The topological polar surface area (TPSA) is 72.5 Å². The molecule has 0 spiro atoms. The third kappa shape index (κ3) is 4.04. The Labute approximate surface area is 189 Å². The maximum atomic E-state index is 11.8. The van der Waals surface area contributed by atoms with Crippen LogP contribution in [0.3, 0.4) is 0 Å². The molecule has 174 valence electrons. The van der Waals surface area contributed by atoms with Crippen LogP contribution >= 0.6 is 0 Å². The highest BCUT2D eigenvalue weighted by Crippen LogP contribution is 2.55. The minimum Gasteiger partial charge on any atom is -0.493 e. The van der Waals surface area contributed by atoms with Gasteiger partial charge in [-0.1, -0.05) is 13.8 Å². The quantitative estimate of drug-likeness (QED) is 0.473. The summed E-state index contributed by atoms with van der Waals surface area (Å²) in [5, 5.41) is 0. The standard InChI is InChI=1S/C25H32O7/c1-13-9-16-11-18(27-4)22(28-5)24(30-7)20(16)21-17(10-14(13)2)12-19(32-15(3)26)23(29-6)25(21)31-8/h11-14H,9-10H2,1-8H3/t13-,14-/m0/s1. The highest BCUT2D eigenvalue weighted by Gasteiger charge is 2.33. The molecule has 0 bridgehead atoms. The average molecular weight is 445 g/mol. The fraction of sp³-hybridized carbons (Fsp3) is 0.480. The van der Waals surface area contributed by atoms with Gasteiger partial charge in [0.2, 0.25) is 11.5 Å². The molecule has 2 aromatic carbocycles. The molecule has 0 amide bonds. The van der Waals surface area contributed by atoms with Crippen molar-refractivity contribution < 1.29 is 33.2 Å². The normalized spacial score (nSPS) is 17.2. The lowest BCUT2D eigenvalue weighted by Gasteiger charge is -2.30. The second kappa shape index (κ2) is 9.59. The van der Waals surface area contributed by atoms with E-state index in [1.165, 1.54) is 14.0 Å². The number of hydrogen-bond donors (Lipinski definition) is 0. The Morgan fingerprint density at radius 3 is 1.47 bits per heavy atom. The summed E-state index contributed by atoms with van der Waals surface area (Å²) in [7, 11) is 7.91. The van der Waals surface area contributed by atoms with E-state index in [1.54, 1.807) is 28.4 Å². The first-order valence-corrected chi connectivity index (χ1v) is 10.6. The van der Waals surface area contributed by atoms with Crippen molar-refractivity contribution in [3.8, 4) is 45.6 Å². The molecule has 32 heavy (non-hydrogen) atoms. The van der Waals surface area contributed by atoms with Crippen molar-refractivity contribution in [3.05, 3.63) is 23.3 Å². The van der Waals surface area contributed by atoms with Crippen LogP contribution in [0.4, 0.5) is 0 Å². The Balaban J connectivity index is 2.50. The molecule has 2 atom stereocenters. The van der Waals surface area contributed by atoms with Crippen LogP contribution in [0.5, 0.6) is 34.5 Å². The molecule has 1 aliphatic carbocycles. The van der Waals surface area contributed by atoms with Crippen LogP contribution in [0.1, 0.15) is 31.9 Å². The third-order valence-corrected chi connectivity index (χ3v) is 6.16. The van der Waals surface area contributed by atoms with Gasteiger partial charge < -0.3 is 28.4 Å². The number of rotatable bonds is 6. The van der Waals surface area contributed by atoms with E-state index in [-0.39, 0.29) is 0 Å². The molecule has 3 rings (SSSR count). The molecule has 0 radical (unpaired) electrons. The Hall–Kier alpha value is -3.09. The van der Waals surface area contributed by atoms with Crippen LogP contribution in [-0.4, -0.2) is 41.5 Å². The first-order chi connectivity index (χ1) is 15.3. The molecule has 0 heterocycles. The van der Waals surface area contributed by atoms with Crippen molar-refractivity contribution >= 4 is 5.97 Å². The van der Waals surface area contributed by atoms with Gasteiger partial charge in [-0.2, -0.15) is 0 Å². The van der Waals surface area contributed by atoms with E-state index in [0.29, 0.717) is 46.3 Å². The summed E-state index contributed by atoms with van der Waals surface area (Å²) >= 11 is 0. The maximum absolute atomic E-state index is 11.8. The molecule has 0 saturated heterocycles. The van der Waals surface area contributed by atoms with Crippen molar-refractivity contribution in [1.29, 1.82) is 0 Å². The van der Waals surface area contributed by atoms with Gasteiger partial charge >= 0.3 is 5.97 Å². The Kier molecular flexibility index (Phi) is 7.06. The number of hydrogen-bond acceptors (Lipinski definition) is 7. The zero-order valence-electron chi connectivity index (χ0n) is 20.1. The van der Waals surface area contributed by atoms with Gasteiger partial charge in [-0.05, 0) is 47.9 Å². The fourth-order valence-corrected chi connectivity index (χ4v) is 4.46. The van der Waals surface area contributed by atoms with E-state index in [0.717, 1.165) is 35.1 Å². The summed E-state index contributed by atoms with van der Waals surface area (Å²) in [6, 6.07) is 3.87. The van der Waals surface area contributed by atoms with Gasteiger partial charge in [-0.15, -0.1) is 0 Å². The van der Waals surface area contributed by atoms with Gasteiger partial charge in [-0.3, -0.25) is 4.79 Å². The van der Waals surface area contributed by atoms with E-state index in [9.17, 15) is 4.79 Å². The number of ether oxygens (including phenoxy) is 6. The monoisotopic (exact) mass is 444 g/mol. The third-order valence-electron chi connectivity index (χ3n) is 6.16. The van der Waals surface area contributed by atoms with E-state index in [4.69, 9.17) is 28.4 Å². The molecule has 0 N–H and O–H groups in total. The second-order valence-corrected chi connectivity index (χ2v) is 8.11. The van der Waals surface area contributed by atoms with Gasteiger partial charge in [0.15, 0.2) is 23.0 Å². The van der Waals surface area contributed by atoms with Crippen molar-refractivity contribution in [3.63, 3.8) is 0 Å². The van der Waals surface area contributed by atoms with Gasteiger partial charge in [0.25, 0.3) is 0 Å². The van der Waals surface area contributed by atoms with E-state index in [1.807, 2.05) is 12.1 Å². The smallest absolute Gasteiger partial charge is 0.308 e. The maximum Gasteiger partial charge on any atom is 0.308 e. The van der Waals surface area contributed by atoms with Gasteiger partial charge in [-0.25, -0.2) is 0 Å². The molecular formula is C25H32O7. The Morgan fingerprint density at radius 2 is 1.09 bits per heavy atom. The number of fused-ring (bicyclic) bond motifs is 3. The van der Waals surface area contributed by atoms with Crippen molar-refractivity contribution in [2.45, 2.75) is 33.6 Å². The summed E-state index contributed by atoms with van der Waals surface area (Å²) in [5.41, 5.74) is 3.74. The van der Waals surface area contributed by atoms with Crippen molar-refractivity contribution in [1.82, 2.24) is 0 Å². The number of benzene rings is 2. The van der Waals surface area contributed by atoms with E-state index >= 15 is 0 Å². The number of esters is 1. The minimum atomic E-state index is -0.429. The van der Waals surface area contributed by atoms with Gasteiger partial charge in [0.05, 0.1) is 35.5 Å². The molecule has 0 unspecified atom stereocenters. The summed E-state index contributed by atoms with van der Waals surface area (Å²) in [6.07, 6.45) is 1.59. The Morgan fingerprint density at radius 1 is 0.688 bits per heavy atom. The summed E-state index contributed by atoms with van der Waals surface area (Å²) in [4.78, 5) is 11.8. The highest BCUT2D eigenvalue weighted by atomic mass is 16.6. The van der Waals surface area contributed by atoms with Crippen LogP contribution in [0.2, 0.25) is 0 Å². The molecule has 1 aliphatic rings. The van der Waals surface area contributed by atoms with Crippen molar-refractivity contribution in [2.75, 3.05) is 35.5 Å². The van der Waals surface area contributed by atoms with Crippen LogP contribution in [-0.2, 0) is 17.6 Å². The lowest BCUT2D eigenvalue weighted by molar-refractivity contribution is -0.132.